The second-order valence-corrected chi connectivity index (χ2v) is 20.7. The molecule has 4 aromatic heterocycles. The van der Waals surface area contributed by atoms with Crippen LogP contribution >= 0.6 is 0 Å². The van der Waals surface area contributed by atoms with Crippen molar-refractivity contribution in [1.82, 2.24) is 18.3 Å². The van der Waals surface area contributed by atoms with E-state index in [4.69, 9.17) is 0 Å². The highest BCUT2D eigenvalue weighted by Gasteiger charge is 2.39. The molecule has 0 aliphatic heterocycles. The summed E-state index contributed by atoms with van der Waals surface area (Å²) in [5.74, 6) is 0. The zero-order valence-electron chi connectivity index (χ0n) is 43.1. The van der Waals surface area contributed by atoms with Crippen LogP contribution in [0, 0.1) is 50.4 Å². The molecule has 18 heteroatoms. The molecule has 82 heavy (non-hydrogen) atoms. The third-order valence-electron chi connectivity index (χ3n) is 15.5. The molecule has 406 valence electrons. The number of hydrogen-bond acceptors (Lipinski definition) is 2. The van der Waals surface area contributed by atoms with E-state index < -0.39 is 47.0 Å². The molecule has 0 amide bonds. The van der Waals surface area contributed by atoms with E-state index in [1.807, 2.05) is 100 Å². The molecule has 0 unspecified atom stereocenters. The van der Waals surface area contributed by atoms with Crippen LogP contribution in [0.1, 0.15) is 55.6 Å². The molecule has 0 aliphatic rings. The highest BCUT2D eigenvalue weighted by Crippen LogP contribution is 2.51. The Morgan fingerprint density at radius 1 is 0.268 bits per heavy atom. The Labute approximate surface area is 455 Å². The van der Waals surface area contributed by atoms with Crippen molar-refractivity contribution in [2.24, 2.45) is 0 Å². The van der Waals surface area contributed by atoms with Crippen LogP contribution in [-0.2, 0) is 24.7 Å². The van der Waals surface area contributed by atoms with Crippen molar-refractivity contribution < 1.29 is 52.7 Å². The van der Waals surface area contributed by atoms with Crippen LogP contribution in [-0.4, -0.2) is 18.3 Å². The van der Waals surface area contributed by atoms with Gasteiger partial charge < -0.3 is 18.3 Å². The number of rotatable bonds is 4. The van der Waals surface area contributed by atoms with E-state index in [1.54, 1.807) is 9.13 Å². The van der Waals surface area contributed by atoms with Crippen molar-refractivity contribution in [3.63, 3.8) is 0 Å². The number of nitrogens with zero attached hydrogens (tertiary/aromatic N) is 6. The lowest BCUT2D eigenvalue weighted by molar-refractivity contribution is -0.138. The van der Waals surface area contributed by atoms with E-state index in [-0.39, 0.29) is 77.5 Å². The topological polar surface area (TPSA) is 67.3 Å². The van der Waals surface area contributed by atoms with Gasteiger partial charge in [-0.3, -0.25) is 0 Å². The molecule has 9 aromatic carbocycles. The van der Waals surface area contributed by atoms with E-state index in [2.05, 4.69) is 12.1 Å². The maximum atomic E-state index is 14.8. The van der Waals surface area contributed by atoms with E-state index in [0.717, 1.165) is 46.5 Å². The van der Waals surface area contributed by atoms with Gasteiger partial charge in [-0.2, -0.15) is 63.2 Å². The smallest absolute Gasteiger partial charge is 0.306 e. The van der Waals surface area contributed by atoms with E-state index in [0.29, 0.717) is 92.1 Å². The Kier molecular flexibility index (Phi) is 11.0. The predicted octanol–water partition coefficient (Wildman–Crippen LogP) is 19.1. The molecule has 0 atom stereocenters. The minimum absolute atomic E-state index is 0.0150. The van der Waals surface area contributed by atoms with E-state index in [9.17, 15) is 63.2 Å². The first kappa shape index (κ1) is 51.7. The second kappa shape index (κ2) is 17.4. The third kappa shape index (κ3) is 7.64. The van der Waals surface area contributed by atoms with Crippen molar-refractivity contribution in [3.8, 4) is 34.9 Å². The summed E-state index contributed by atoms with van der Waals surface area (Å²) < 4.78 is 184. The van der Waals surface area contributed by atoms with Crippen LogP contribution < -0.4 is 0 Å². The van der Waals surface area contributed by atoms with Crippen LogP contribution in [0.25, 0.3) is 110 Å². The zero-order chi connectivity index (χ0) is 58.0. The molecule has 0 radical (unpaired) electrons. The Balaban J connectivity index is 1.37. The molecule has 0 saturated heterocycles. The number of aromatic nitrogens is 4. The van der Waals surface area contributed by atoms with Crippen molar-refractivity contribution >= 4 is 87.2 Å². The van der Waals surface area contributed by atoms with Crippen molar-refractivity contribution in [2.75, 3.05) is 0 Å². The van der Waals surface area contributed by atoms with Gasteiger partial charge in [-0.25, -0.2) is 0 Å². The van der Waals surface area contributed by atoms with Gasteiger partial charge in [0.05, 0.1) is 89.1 Å². The van der Waals surface area contributed by atoms with E-state index in [1.165, 1.54) is 9.13 Å². The van der Waals surface area contributed by atoms with Gasteiger partial charge >= 0.3 is 24.7 Å². The first-order valence-corrected chi connectivity index (χ1v) is 25.3. The van der Waals surface area contributed by atoms with Crippen LogP contribution in [0.5, 0.6) is 0 Å². The Hall–Kier alpha value is -9.68. The molecule has 4 heterocycles. The molecule has 6 nitrogen and oxygen atoms in total. The highest BCUT2D eigenvalue weighted by atomic mass is 19.4. The van der Waals surface area contributed by atoms with Crippen molar-refractivity contribution in [2.45, 2.75) is 52.4 Å². The summed E-state index contributed by atoms with van der Waals surface area (Å²) in [6.45, 7) is 7.52. The van der Waals surface area contributed by atoms with Crippen molar-refractivity contribution in [3.05, 3.63) is 201 Å². The van der Waals surface area contributed by atoms with Gasteiger partial charge in [0.15, 0.2) is 0 Å². The van der Waals surface area contributed by atoms with Gasteiger partial charge in [0.25, 0.3) is 0 Å². The quantitative estimate of drug-likeness (QED) is 0.165. The fraction of sp³-hybridized carbons (Fsp3) is 0.125. The van der Waals surface area contributed by atoms with Crippen LogP contribution in [0.2, 0.25) is 0 Å². The SMILES string of the molecule is Cc1ccc2c(c1)c1cc(C)ccc1n2-c1c(C#N)c(-n2c3ccc(C(F)(F)F)cc3c3cc(C(F)(F)F)ccc32)c(-n2c3ccc(C(F)(F)F)cc3c3cc(C(F)(F)F)ccc32)c(C#N)c1-n1c2ccc(C)cc2c2cc(C)ccc21. The van der Waals surface area contributed by atoms with E-state index >= 15 is 0 Å². The van der Waals surface area contributed by atoms with Gasteiger partial charge in [-0.05, 0) is 149 Å². The number of nitriles is 2. The normalized spacial score (nSPS) is 12.9. The molecule has 0 N–H and O–H groups in total. The average molecular weight is 1120 g/mol. The molecule has 13 rings (SSSR count). The van der Waals surface area contributed by atoms with Crippen LogP contribution in [0.15, 0.2) is 146 Å². The van der Waals surface area contributed by atoms with Gasteiger partial charge in [-0.1, -0.05) is 46.5 Å². The average Bonchev–Trinajstić information content (AvgIpc) is 2.10. The summed E-state index contributed by atoms with van der Waals surface area (Å²) in [6.07, 6.45) is -20.1. The minimum Gasteiger partial charge on any atom is -0.306 e. The molecule has 0 aliphatic carbocycles. The molecule has 0 saturated carbocycles. The van der Waals surface area contributed by atoms with Gasteiger partial charge in [-0.15, -0.1) is 0 Å². The lowest BCUT2D eigenvalue weighted by atomic mass is 9.98. The fourth-order valence-corrected chi connectivity index (χ4v) is 12.0. The molecular weight excluding hydrogens is 1080 g/mol. The molecule has 0 fully saturated rings. The molecular formula is C64H36F12N6. The number of hydrogen-bond donors (Lipinski definition) is 0. The maximum absolute atomic E-state index is 14.8. The number of fused-ring (bicyclic) bond motifs is 12. The molecule has 0 bridgehead atoms. The van der Waals surface area contributed by atoms with Gasteiger partial charge in [0.2, 0.25) is 0 Å². The van der Waals surface area contributed by atoms with Crippen LogP contribution in [0.4, 0.5) is 52.7 Å². The summed E-state index contributed by atoms with van der Waals surface area (Å²) in [5, 5.41) is 26.1. The number of halogens is 12. The van der Waals surface area contributed by atoms with Crippen molar-refractivity contribution in [1.29, 1.82) is 10.5 Å². The summed E-state index contributed by atoms with van der Waals surface area (Å²) in [4.78, 5) is 0. The number of aryl methyl sites for hydroxylation is 4. The lowest BCUT2D eigenvalue weighted by Gasteiger charge is -2.27. The largest absolute Gasteiger partial charge is 0.416 e. The zero-order valence-corrected chi connectivity index (χ0v) is 43.1. The second-order valence-electron chi connectivity index (χ2n) is 20.7. The monoisotopic (exact) mass is 1120 g/mol. The standard InChI is InChI=1S/C64H36F12N6/c1-31-5-13-49-39(21-31)40-22-32(2)6-14-50(40)79(49)57-47(29-77)59(81-53-17-9-35(61(65,66)67)25-43(53)44-26-36(62(68,69)70)10-18-54(44)81)60(48(30-78)58(57)80-51-15-7-33(3)23-41(51)42-24-34(4)8-16-52(42)80)82-55-19-11-37(63(71,72)73)27-45(55)46-28-38(64(74,75)76)12-20-56(46)82/h5-28H,1-4H3. The fourth-order valence-electron chi connectivity index (χ4n) is 12.0. The molecule has 0 spiro atoms. The third-order valence-corrected chi connectivity index (χ3v) is 15.5. The van der Waals surface area contributed by atoms with Gasteiger partial charge in [0, 0.05) is 43.1 Å². The highest BCUT2D eigenvalue weighted by molar-refractivity contribution is 6.16. The Morgan fingerprint density at radius 3 is 0.610 bits per heavy atom. The summed E-state index contributed by atoms with van der Waals surface area (Å²) >= 11 is 0. The molecule has 13 aromatic rings. The Morgan fingerprint density at radius 2 is 0.439 bits per heavy atom. The Bertz CT molecular complexity index is 4480. The summed E-state index contributed by atoms with van der Waals surface area (Å²) in [7, 11) is 0. The summed E-state index contributed by atoms with van der Waals surface area (Å²) in [6, 6.07) is 36.5. The lowest BCUT2D eigenvalue weighted by Crippen LogP contribution is -2.17. The first-order chi connectivity index (χ1) is 38.8. The van der Waals surface area contributed by atoms with Gasteiger partial charge in [0.1, 0.15) is 23.3 Å². The number of benzene rings is 9. The summed E-state index contributed by atoms with van der Waals surface area (Å²) in [5.41, 5.74) is -1.99. The minimum atomic E-state index is -5.03. The predicted molar refractivity (Wildman–Crippen MR) is 292 cm³/mol. The number of alkyl halides is 12. The maximum Gasteiger partial charge on any atom is 0.416 e. The first-order valence-electron chi connectivity index (χ1n) is 25.3. The van der Waals surface area contributed by atoms with Crippen LogP contribution in [0.3, 0.4) is 0 Å².